The molecule has 1 aromatic carbocycles. The third-order valence-electron chi connectivity index (χ3n) is 5.81. The van der Waals surface area contributed by atoms with Crippen molar-refractivity contribution in [1.29, 1.82) is 0 Å². The Morgan fingerprint density at radius 3 is 2.70 bits per heavy atom. The van der Waals surface area contributed by atoms with Crippen LogP contribution in [0.25, 0.3) is 0 Å². The first-order valence-corrected chi connectivity index (χ1v) is 10.0. The molecule has 2 heterocycles. The molecule has 27 heavy (non-hydrogen) atoms. The molecule has 0 amide bonds. The van der Waals surface area contributed by atoms with Crippen molar-refractivity contribution in [3.63, 3.8) is 0 Å². The minimum absolute atomic E-state index is 0.281. The van der Waals surface area contributed by atoms with Gasteiger partial charge >= 0.3 is 5.97 Å². The van der Waals surface area contributed by atoms with E-state index in [1.54, 1.807) is 18.2 Å². The van der Waals surface area contributed by atoms with Crippen molar-refractivity contribution < 1.29 is 14.4 Å². The Labute approximate surface area is 163 Å². The van der Waals surface area contributed by atoms with Crippen LogP contribution in [0.5, 0.6) is 0 Å². The van der Waals surface area contributed by atoms with Crippen molar-refractivity contribution >= 4 is 17.6 Å². The molecule has 2 aromatic rings. The number of piperidine rings is 1. The molecule has 0 bridgehead atoms. The second kappa shape index (κ2) is 7.98. The summed E-state index contributed by atoms with van der Waals surface area (Å²) in [6, 6.07) is 4.89. The average Bonchev–Trinajstić information content (AvgIpc) is 3.04. The number of carbonyl (C=O) groups is 1. The summed E-state index contributed by atoms with van der Waals surface area (Å²) in [5.74, 6) is 1.80. The lowest BCUT2D eigenvalue weighted by atomic mass is 9.85. The van der Waals surface area contributed by atoms with Gasteiger partial charge < -0.3 is 9.63 Å². The number of hydrogen-bond acceptors (Lipinski definition) is 5. The van der Waals surface area contributed by atoms with Gasteiger partial charge in [-0.2, -0.15) is 4.98 Å². The summed E-state index contributed by atoms with van der Waals surface area (Å²) in [6.45, 7) is 2.60. The van der Waals surface area contributed by atoms with Gasteiger partial charge in [0.25, 0.3) is 0 Å². The Hall–Kier alpha value is -1.92. The van der Waals surface area contributed by atoms with Crippen LogP contribution in [0.15, 0.2) is 22.7 Å². The lowest BCUT2D eigenvalue weighted by Gasteiger charge is -2.31. The highest BCUT2D eigenvalue weighted by Gasteiger charge is 2.26. The van der Waals surface area contributed by atoms with Crippen LogP contribution in [0.2, 0.25) is 5.02 Å². The molecule has 0 radical (unpaired) electrons. The van der Waals surface area contributed by atoms with Gasteiger partial charge in [0, 0.05) is 23.9 Å². The largest absolute Gasteiger partial charge is 0.478 e. The third kappa shape index (κ3) is 4.33. The van der Waals surface area contributed by atoms with E-state index in [1.807, 2.05) is 0 Å². The van der Waals surface area contributed by atoms with E-state index >= 15 is 0 Å². The zero-order chi connectivity index (χ0) is 18.8. The number of aromatic nitrogens is 2. The average molecular weight is 390 g/mol. The summed E-state index contributed by atoms with van der Waals surface area (Å²) in [5, 5.41) is 13.9. The highest BCUT2D eigenvalue weighted by atomic mass is 35.5. The Bertz CT molecular complexity index is 811. The summed E-state index contributed by atoms with van der Waals surface area (Å²) in [5.41, 5.74) is 1.15. The number of carboxylic acid groups (broad SMARTS) is 1. The van der Waals surface area contributed by atoms with Gasteiger partial charge in [-0.1, -0.05) is 23.2 Å². The number of halogens is 1. The minimum atomic E-state index is -0.924. The molecule has 7 heteroatoms. The first-order chi connectivity index (χ1) is 13.1. The van der Waals surface area contributed by atoms with Crippen LogP contribution in [0, 0.1) is 5.92 Å². The van der Waals surface area contributed by atoms with E-state index in [2.05, 4.69) is 15.0 Å². The van der Waals surface area contributed by atoms with E-state index in [0.29, 0.717) is 23.4 Å². The molecule has 1 saturated carbocycles. The molecule has 1 aromatic heterocycles. The molecule has 1 aliphatic carbocycles. The molecular formula is C20H24ClN3O3. The van der Waals surface area contributed by atoms with E-state index in [9.17, 15) is 4.79 Å². The van der Waals surface area contributed by atoms with Gasteiger partial charge in [-0.15, -0.1) is 0 Å². The molecule has 6 nitrogen and oxygen atoms in total. The van der Waals surface area contributed by atoms with E-state index in [1.165, 1.54) is 19.3 Å². The summed E-state index contributed by atoms with van der Waals surface area (Å²) < 4.78 is 5.45. The molecule has 0 atom stereocenters. The lowest BCUT2D eigenvalue weighted by Crippen LogP contribution is -2.34. The lowest BCUT2D eigenvalue weighted by molar-refractivity contribution is 0.0696. The maximum atomic E-state index is 11.2. The van der Waals surface area contributed by atoms with Gasteiger partial charge in [0.05, 0.1) is 5.56 Å². The van der Waals surface area contributed by atoms with E-state index in [4.69, 9.17) is 21.2 Å². The Balaban J connectivity index is 1.29. The van der Waals surface area contributed by atoms with Crippen molar-refractivity contribution in [3.05, 3.63) is 46.1 Å². The van der Waals surface area contributed by atoms with Crippen molar-refractivity contribution in [3.8, 4) is 0 Å². The van der Waals surface area contributed by atoms with Gasteiger partial charge in [0.2, 0.25) is 5.89 Å². The maximum Gasteiger partial charge on any atom is 0.335 e. The number of aromatic carboxylic acids is 1. The highest BCUT2D eigenvalue weighted by Crippen LogP contribution is 2.34. The normalized spacial score (nSPS) is 19.1. The Morgan fingerprint density at radius 1 is 1.26 bits per heavy atom. The van der Waals surface area contributed by atoms with Gasteiger partial charge in [-0.05, 0) is 68.5 Å². The summed E-state index contributed by atoms with van der Waals surface area (Å²) in [6.07, 6.45) is 6.62. The predicted octanol–water partition coefficient (Wildman–Crippen LogP) is 4.14. The topological polar surface area (TPSA) is 79.5 Å². The smallest absolute Gasteiger partial charge is 0.335 e. The van der Waals surface area contributed by atoms with Gasteiger partial charge in [0.1, 0.15) is 0 Å². The minimum Gasteiger partial charge on any atom is -0.478 e. The summed E-state index contributed by atoms with van der Waals surface area (Å²) >= 11 is 6.25. The van der Waals surface area contributed by atoms with Gasteiger partial charge in [-0.25, -0.2) is 4.79 Å². The van der Waals surface area contributed by atoms with Crippen molar-refractivity contribution in [2.24, 2.45) is 5.92 Å². The number of hydrogen-bond donors (Lipinski definition) is 1. The molecule has 1 N–H and O–H groups in total. The summed E-state index contributed by atoms with van der Waals surface area (Å²) in [7, 11) is 0. The van der Waals surface area contributed by atoms with Crippen LogP contribution >= 0.6 is 11.6 Å². The summed E-state index contributed by atoms with van der Waals surface area (Å²) in [4.78, 5) is 18.1. The van der Waals surface area contributed by atoms with E-state index < -0.39 is 5.97 Å². The zero-order valence-electron chi connectivity index (χ0n) is 15.2. The Kier molecular flexibility index (Phi) is 5.45. The zero-order valence-corrected chi connectivity index (χ0v) is 16.0. The van der Waals surface area contributed by atoms with Crippen molar-refractivity contribution in [2.45, 2.75) is 51.0 Å². The molecule has 4 rings (SSSR count). The number of rotatable bonds is 6. The molecule has 0 spiro atoms. The van der Waals surface area contributed by atoms with Crippen molar-refractivity contribution in [2.75, 3.05) is 13.1 Å². The number of carboxylic acids is 1. The number of benzene rings is 1. The van der Waals surface area contributed by atoms with Crippen LogP contribution in [0.1, 0.15) is 65.7 Å². The van der Waals surface area contributed by atoms with Crippen LogP contribution in [0.4, 0.5) is 0 Å². The van der Waals surface area contributed by atoms with E-state index in [0.717, 1.165) is 49.6 Å². The molecule has 144 valence electrons. The Morgan fingerprint density at radius 2 is 2.04 bits per heavy atom. The molecule has 2 aliphatic rings. The van der Waals surface area contributed by atoms with Crippen molar-refractivity contribution in [1.82, 2.24) is 15.0 Å². The van der Waals surface area contributed by atoms with Gasteiger partial charge in [0.15, 0.2) is 5.82 Å². The molecule has 1 aliphatic heterocycles. The molecular weight excluding hydrogens is 366 g/mol. The highest BCUT2D eigenvalue weighted by molar-refractivity contribution is 6.31. The van der Waals surface area contributed by atoms with Crippen LogP contribution < -0.4 is 0 Å². The van der Waals surface area contributed by atoms with Crippen LogP contribution in [0.3, 0.4) is 0 Å². The first kappa shape index (κ1) is 18.4. The monoisotopic (exact) mass is 389 g/mol. The molecule has 1 saturated heterocycles. The fourth-order valence-electron chi connectivity index (χ4n) is 3.85. The standard InChI is InChI=1S/C20H24ClN3O3/c21-17-5-4-15(20(25)26)11-16(17)12-24-8-6-13(7-9-24)10-18-22-19(23-27-18)14-2-1-3-14/h4-5,11,13-14H,1-3,6-10,12H2,(H,25,26). The third-order valence-corrected chi connectivity index (χ3v) is 6.18. The molecule has 2 fully saturated rings. The second-order valence-electron chi connectivity index (χ2n) is 7.71. The first-order valence-electron chi connectivity index (χ1n) is 9.65. The van der Waals surface area contributed by atoms with Crippen LogP contribution in [-0.2, 0) is 13.0 Å². The fourth-order valence-corrected chi connectivity index (χ4v) is 4.03. The fraction of sp³-hybridized carbons (Fsp3) is 0.550. The SMILES string of the molecule is O=C(O)c1ccc(Cl)c(CN2CCC(Cc3nc(C4CCC4)no3)CC2)c1. The maximum absolute atomic E-state index is 11.2. The second-order valence-corrected chi connectivity index (χ2v) is 8.12. The van der Waals surface area contributed by atoms with Gasteiger partial charge in [-0.3, -0.25) is 4.90 Å². The quantitative estimate of drug-likeness (QED) is 0.799. The van der Waals surface area contributed by atoms with E-state index in [-0.39, 0.29) is 5.56 Å². The number of likely N-dealkylation sites (tertiary alicyclic amines) is 1. The number of nitrogens with zero attached hydrogens (tertiary/aromatic N) is 3. The predicted molar refractivity (Wildman–Crippen MR) is 101 cm³/mol. The van der Waals surface area contributed by atoms with Crippen LogP contribution in [-0.4, -0.2) is 39.2 Å². The molecule has 0 unspecified atom stereocenters.